The number of amidine groups is 1. The van der Waals surface area contributed by atoms with Gasteiger partial charge in [-0.2, -0.15) is 0 Å². The quantitative estimate of drug-likeness (QED) is 0.719. The van der Waals surface area contributed by atoms with E-state index in [4.69, 9.17) is 9.73 Å². The van der Waals surface area contributed by atoms with Crippen LogP contribution in [0.3, 0.4) is 0 Å². The minimum Gasteiger partial charge on any atom is -0.381 e. The zero-order valence-electron chi connectivity index (χ0n) is 20.2. The van der Waals surface area contributed by atoms with Crippen molar-refractivity contribution in [2.45, 2.75) is 32.4 Å². The maximum Gasteiger partial charge on any atom is 0.329 e. The number of carbonyl (C=O) groups excluding carboxylic acids is 2. The van der Waals surface area contributed by atoms with Crippen LogP contribution in [0.1, 0.15) is 35.7 Å². The molecule has 3 amide bonds. The predicted molar refractivity (Wildman–Crippen MR) is 129 cm³/mol. The van der Waals surface area contributed by atoms with E-state index in [1.807, 2.05) is 30.5 Å². The fourth-order valence-electron chi connectivity index (χ4n) is 5.39. The minimum atomic E-state index is -0.0987. The molecular weight excluding hydrogens is 432 g/mol. The summed E-state index contributed by atoms with van der Waals surface area (Å²) >= 11 is 0. The lowest BCUT2D eigenvalue weighted by Gasteiger charge is -2.32. The number of likely N-dealkylation sites (tertiary alicyclic amines) is 1. The molecule has 0 aliphatic carbocycles. The number of hydrogen-bond acceptors (Lipinski definition) is 6. The van der Waals surface area contributed by atoms with Gasteiger partial charge >= 0.3 is 6.03 Å². The molecule has 1 N–H and O–H groups in total. The first-order chi connectivity index (χ1) is 16.4. The van der Waals surface area contributed by atoms with E-state index < -0.39 is 0 Å². The Bertz CT molecular complexity index is 1020. The highest BCUT2D eigenvalue weighted by atomic mass is 16.5. The summed E-state index contributed by atoms with van der Waals surface area (Å²) in [5, 5.41) is 3.07. The molecular formula is C25H34N6O3. The lowest BCUT2D eigenvalue weighted by molar-refractivity contribution is 0.0459. The van der Waals surface area contributed by atoms with Crippen LogP contribution in [0.4, 0.5) is 4.79 Å². The Kier molecular flexibility index (Phi) is 6.31. The summed E-state index contributed by atoms with van der Waals surface area (Å²) in [5.41, 5.74) is 1.77. The summed E-state index contributed by atoms with van der Waals surface area (Å²) in [6.45, 7) is 6.67. The van der Waals surface area contributed by atoms with E-state index in [0.29, 0.717) is 25.2 Å². The van der Waals surface area contributed by atoms with Gasteiger partial charge in [-0.1, -0.05) is 25.1 Å². The van der Waals surface area contributed by atoms with Gasteiger partial charge < -0.3 is 14.5 Å². The first kappa shape index (κ1) is 22.9. The average Bonchev–Trinajstić information content (AvgIpc) is 3.43. The summed E-state index contributed by atoms with van der Waals surface area (Å²) in [4.78, 5) is 38.4. The van der Waals surface area contributed by atoms with Crippen molar-refractivity contribution in [2.24, 2.45) is 16.8 Å². The van der Waals surface area contributed by atoms with Crippen LogP contribution in [0.15, 0.2) is 41.3 Å². The summed E-state index contributed by atoms with van der Waals surface area (Å²) in [6.07, 6.45) is 3.99. The normalized spacial score (nSPS) is 25.7. The molecule has 9 nitrogen and oxygen atoms in total. The van der Waals surface area contributed by atoms with E-state index in [-0.39, 0.29) is 17.9 Å². The highest BCUT2D eigenvalue weighted by molar-refractivity contribution is 6.02. The van der Waals surface area contributed by atoms with Gasteiger partial charge in [0, 0.05) is 70.7 Å². The molecule has 34 heavy (non-hydrogen) atoms. The molecule has 1 aromatic carbocycles. The number of amides is 3. The van der Waals surface area contributed by atoms with Gasteiger partial charge in [0.05, 0.1) is 0 Å². The molecule has 1 aromatic rings. The van der Waals surface area contributed by atoms with Crippen molar-refractivity contribution in [3.05, 3.63) is 47.4 Å². The number of urea groups is 1. The van der Waals surface area contributed by atoms with E-state index in [1.165, 1.54) is 0 Å². The van der Waals surface area contributed by atoms with Gasteiger partial charge in [-0.15, -0.1) is 0 Å². The minimum absolute atomic E-state index is 0.0191. The molecule has 2 saturated heterocycles. The van der Waals surface area contributed by atoms with Crippen LogP contribution in [-0.2, 0) is 11.3 Å². The van der Waals surface area contributed by atoms with Crippen LogP contribution in [0.5, 0.6) is 0 Å². The first-order valence-corrected chi connectivity index (χ1v) is 12.1. The van der Waals surface area contributed by atoms with Crippen LogP contribution in [0.2, 0.25) is 0 Å². The molecule has 5 rings (SSSR count). The Morgan fingerprint density at radius 1 is 1.21 bits per heavy atom. The van der Waals surface area contributed by atoms with Gasteiger partial charge in [0.1, 0.15) is 12.5 Å². The summed E-state index contributed by atoms with van der Waals surface area (Å²) in [5.74, 6) is 1.99. The van der Waals surface area contributed by atoms with Crippen molar-refractivity contribution in [2.75, 3.05) is 47.1 Å². The van der Waals surface area contributed by atoms with E-state index in [1.54, 1.807) is 23.9 Å². The predicted octanol–water partition coefficient (Wildman–Crippen LogP) is 2.13. The van der Waals surface area contributed by atoms with Crippen LogP contribution < -0.4 is 5.32 Å². The Balaban J connectivity index is 1.30. The second-order valence-electron chi connectivity index (χ2n) is 9.98. The third-order valence-electron chi connectivity index (χ3n) is 7.32. The van der Waals surface area contributed by atoms with Crippen molar-refractivity contribution in [3.63, 3.8) is 0 Å². The third-order valence-corrected chi connectivity index (χ3v) is 7.32. The Morgan fingerprint density at radius 2 is 1.97 bits per heavy atom. The smallest absolute Gasteiger partial charge is 0.329 e. The number of nitrogens with one attached hydrogen (secondary N) is 1. The highest BCUT2D eigenvalue weighted by Crippen LogP contribution is 2.31. The van der Waals surface area contributed by atoms with Gasteiger partial charge in [0.15, 0.2) is 5.82 Å². The monoisotopic (exact) mass is 466 g/mol. The molecule has 2 atom stereocenters. The largest absolute Gasteiger partial charge is 0.381 e. The van der Waals surface area contributed by atoms with E-state index in [9.17, 15) is 9.59 Å². The topological polar surface area (TPSA) is 80.7 Å². The molecule has 2 fully saturated rings. The van der Waals surface area contributed by atoms with Gasteiger partial charge in [-0.05, 0) is 30.4 Å². The third kappa shape index (κ3) is 4.42. The number of aliphatic imine (C=N–C) groups is 1. The molecule has 4 aliphatic heterocycles. The zero-order chi connectivity index (χ0) is 23.8. The van der Waals surface area contributed by atoms with E-state index in [2.05, 4.69) is 22.0 Å². The molecule has 0 saturated carbocycles. The number of benzene rings is 1. The summed E-state index contributed by atoms with van der Waals surface area (Å²) in [6, 6.07) is 8.11. The molecule has 2 unspecified atom stereocenters. The standard InChI is InChI=1S/C25H34N6O3/c1-17-12-29(13-18-6-4-5-7-20(18)24(32)28(2)3)14-21(17)23-26-22-15-30(16-31(22)25(33)27-23)19-8-10-34-11-9-19/h4-7,15,17,19,21H,8-14,16H2,1-3H3,(H,26,27,33). The number of carbonyl (C=O) groups is 2. The summed E-state index contributed by atoms with van der Waals surface area (Å²) < 4.78 is 5.49. The van der Waals surface area contributed by atoms with Crippen LogP contribution in [0.25, 0.3) is 0 Å². The number of hydrogen-bond donors (Lipinski definition) is 1. The lowest BCUT2D eigenvalue weighted by atomic mass is 9.96. The Morgan fingerprint density at radius 3 is 2.74 bits per heavy atom. The average molecular weight is 467 g/mol. The van der Waals surface area contributed by atoms with Gasteiger partial charge in [0.2, 0.25) is 0 Å². The van der Waals surface area contributed by atoms with Gasteiger partial charge in [-0.3, -0.25) is 19.9 Å². The zero-order valence-corrected chi connectivity index (χ0v) is 20.2. The van der Waals surface area contributed by atoms with Crippen molar-refractivity contribution in [1.29, 1.82) is 0 Å². The second-order valence-corrected chi connectivity index (χ2v) is 9.98. The molecule has 4 heterocycles. The Hall–Kier alpha value is -2.91. The molecule has 0 spiro atoms. The van der Waals surface area contributed by atoms with Crippen LogP contribution in [-0.4, -0.2) is 90.5 Å². The van der Waals surface area contributed by atoms with Crippen molar-refractivity contribution >= 4 is 17.8 Å². The Labute approximate surface area is 201 Å². The SMILES string of the molecule is CC1CN(Cc2ccccc2C(=O)N(C)C)CC1C1=NC2=CN(C3CCOCC3)CN2C(=O)N1. The second kappa shape index (κ2) is 9.38. The molecule has 9 heteroatoms. The van der Waals surface area contributed by atoms with Crippen molar-refractivity contribution in [1.82, 2.24) is 24.9 Å². The van der Waals surface area contributed by atoms with Crippen LogP contribution >= 0.6 is 0 Å². The number of fused-ring (bicyclic) bond motifs is 1. The van der Waals surface area contributed by atoms with E-state index >= 15 is 0 Å². The number of nitrogens with zero attached hydrogens (tertiary/aromatic N) is 5. The van der Waals surface area contributed by atoms with Gasteiger partial charge in [-0.25, -0.2) is 9.79 Å². The fraction of sp³-hybridized carbons (Fsp3) is 0.560. The van der Waals surface area contributed by atoms with Crippen LogP contribution in [0, 0.1) is 11.8 Å². The number of ether oxygens (including phenoxy) is 1. The molecule has 4 aliphatic rings. The lowest BCUT2D eigenvalue weighted by Crippen LogP contribution is -2.50. The molecule has 0 bridgehead atoms. The maximum absolute atomic E-state index is 12.9. The van der Waals surface area contributed by atoms with E-state index in [0.717, 1.165) is 61.9 Å². The molecule has 0 aromatic heterocycles. The van der Waals surface area contributed by atoms with Crippen molar-refractivity contribution in [3.8, 4) is 0 Å². The summed E-state index contributed by atoms with van der Waals surface area (Å²) in [7, 11) is 3.56. The van der Waals surface area contributed by atoms with Crippen molar-refractivity contribution < 1.29 is 14.3 Å². The number of rotatable bonds is 5. The van der Waals surface area contributed by atoms with Gasteiger partial charge in [0.25, 0.3) is 5.91 Å². The first-order valence-electron chi connectivity index (χ1n) is 12.1. The highest BCUT2D eigenvalue weighted by Gasteiger charge is 2.40. The molecule has 182 valence electrons. The fourth-order valence-corrected chi connectivity index (χ4v) is 5.39. The molecule has 0 radical (unpaired) electrons. The maximum atomic E-state index is 12.9.